The monoisotopic (exact) mass is 153 g/mol. The van der Waals surface area contributed by atoms with Gasteiger partial charge in [-0.1, -0.05) is 0 Å². The molecule has 0 radical (unpaired) electrons. The molecule has 0 saturated carbocycles. The molecular formula is C6H4ClN3. The second-order valence-electron chi connectivity index (χ2n) is 1.89. The standard InChI is InChI=1S/C6H4ClN3/c7-10-4-1-5-6(10)9-3-2-8-5/h1-4H. The first-order valence-corrected chi connectivity index (χ1v) is 3.16. The van der Waals surface area contributed by atoms with Crippen LogP contribution in [-0.2, 0) is 0 Å². The Bertz CT molecular complexity index is 355. The molecule has 4 heteroatoms. The maximum atomic E-state index is 5.69. The lowest BCUT2D eigenvalue weighted by molar-refractivity contribution is 1.21. The molecule has 50 valence electrons. The Morgan fingerprint density at radius 2 is 2.10 bits per heavy atom. The third kappa shape index (κ3) is 0.675. The molecule has 2 heterocycles. The maximum absolute atomic E-state index is 5.69. The smallest absolute Gasteiger partial charge is 0.173 e. The topological polar surface area (TPSA) is 30.7 Å². The molecule has 0 aliphatic heterocycles. The summed E-state index contributed by atoms with van der Waals surface area (Å²) in [5, 5.41) is 0. The summed E-state index contributed by atoms with van der Waals surface area (Å²) in [6.07, 6.45) is 4.96. The predicted molar refractivity (Wildman–Crippen MR) is 38.8 cm³/mol. The van der Waals surface area contributed by atoms with E-state index in [-0.39, 0.29) is 0 Å². The van der Waals surface area contributed by atoms with Crippen molar-refractivity contribution in [1.82, 2.24) is 14.1 Å². The molecule has 0 aliphatic rings. The van der Waals surface area contributed by atoms with Gasteiger partial charge in [0.05, 0.1) is 0 Å². The molecule has 0 atom stereocenters. The van der Waals surface area contributed by atoms with E-state index in [1.165, 1.54) is 4.09 Å². The molecule has 3 nitrogen and oxygen atoms in total. The average Bonchev–Trinajstić information content (AvgIpc) is 2.34. The summed E-state index contributed by atoms with van der Waals surface area (Å²) in [7, 11) is 0. The van der Waals surface area contributed by atoms with Gasteiger partial charge in [0.25, 0.3) is 0 Å². The van der Waals surface area contributed by atoms with Gasteiger partial charge in [-0.25, -0.2) is 9.07 Å². The van der Waals surface area contributed by atoms with Crippen LogP contribution in [0.25, 0.3) is 11.2 Å². The number of hydrogen-bond donors (Lipinski definition) is 0. The molecule has 2 rings (SSSR count). The Labute approximate surface area is 62.4 Å². The second-order valence-corrected chi connectivity index (χ2v) is 2.26. The van der Waals surface area contributed by atoms with Crippen LogP contribution in [0.3, 0.4) is 0 Å². The van der Waals surface area contributed by atoms with Gasteiger partial charge in [0.1, 0.15) is 5.52 Å². The molecule has 0 bridgehead atoms. The van der Waals surface area contributed by atoms with Crippen molar-refractivity contribution in [1.29, 1.82) is 0 Å². The van der Waals surface area contributed by atoms with E-state index >= 15 is 0 Å². The van der Waals surface area contributed by atoms with Gasteiger partial charge < -0.3 is 0 Å². The quantitative estimate of drug-likeness (QED) is 0.573. The van der Waals surface area contributed by atoms with Gasteiger partial charge in [-0.15, -0.1) is 0 Å². The molecule has 10 heavy (non-hydrogen) atoms. The summed E-state index contributed by atoms with van der Waals surface area (Å²) < 4.78 is 1.42. The van der Waals surface area contributed by atoms with E-state index in [1.807, 2.05) is 6.07 Å². The van der Waals surface area contributed by atoms with Crippen LogP contribution in [0.1, 0.15) is 0 Å². The fraction of sp³-hybridized carbons (Fsp3) is 0. The SMILES string of the molecule is Cln1ccc2nccnc21. The molecule has 2 aromatic rings. The van der Waals surface area contributed by atoms with Crippen molar-refractivity contribution >= 4 is 22.9 Å². The van der Waals surface area contributed by atoms with Crippen molar-refractivity contribution < 1.29 is 0 Å². The summed E-state index contributed by atoms with van der Waals surface area (Å²) >= 11 is 5.69. The van der Waals surface area contributed by atoms with E-state index in [4.69, 9.17) is 11.8 Å². The van der Waals surface area contributed by atoms with Gasteiger partial charge in [-0.2, -0.15) is 0 Å². The highest BCUT2D eigenvalue weighted by molar-refractivity contribution is 6.18. The van der Waals surface area contributed by atoms with E-state index in [0.717, 1.165) is 5.52 Å². The second kappa shape index (κ2) is 1.95. The van der Waals surface area contributed by atoms with Crippen molar-refractivity contribution in [2.45, 2.75) is 0 Å². The molecule has 0 N–H and O–H groups in total. The van der Waals surface area contributed by atoms with Crippen LogP contribution >= 0.6 is 11.8 Å². The van der Waals surface area contributed by atoms with Crippen molar-refractivity contribution in [3.63, 3.8) is 0 Å². The van der Waals surface area contributed by atoms with Crippen LogP contribution in [0.15, 0.2) is 24.7 Å². The molecule has 0 unspecified atom stereocenters. The summed E-state index contributed by atoms with van der Waals surface area (Å²) in [5.74, 6) is 0. The van der Waals surface area contributed by atoms with Crippen LogP contribution in [0.2, 0.25) is 0 Å². The van der Waals surface area contributed by atoms with E-state index in [1.54, 1.807) is 18.6 Å². The highest BCUT2D eigenvalue weighted by Gasteiger charge is 1.97. The average molecular weight is 154 g/mol. The minimum Gasteiger partial charge on any atom is -0.251 e. The minimum absolute atomic E-state index is 0.698. The highest BCUT2D eigenvalue weighted by atomic mass is 35.5. The van der Waals surface area contributed by atoms with Gasteiger partial charge in [-0.05, 0) is 6.07 Å². The van der Waals surface area contributed by atoms with Crippen molar-refractivity contribution in [3.8, 4) is 0 Å². The fourth-order valence-corrected chi connectivity index (χ4v) is 1.02. The molecule has 0 aromatic carbocycles. The van der Waals surface area contributed by atoms with Crippen molar-refractivity contribution in [2.75, 3.05) is 0 Å². The van der Waals surface area contributed by atoms with Gasteiger partial charge in [0.2, 0.25) is 0 Å². The van der Waals surface area contributed by atoms with Crippen LogP contribution in [-0.4, -0.2) is 14.1 Å². The lowest BCUT2D eigenvalue weighted by Crippen LogP contribution is -1.81. The van der Waals surface area contributed by atoms with Crippen LogP contribution in [0.4, 0.5) is 0 Å². The lowest BCUT2D eigenvalue weighted by Gasteiger charge is -1.87. The van der Waals surface area contributed by atoms with Crippen LogP contribution in [0, 0.1) is 0 Å². The molecule has 0 amide bonds. The van der Waals surface area contributed by atoms with Crippen molar-refractivity contribution in [2.24, 2.45) is 0 Å². The lowest BCUT2D eigenvalue weighted by atomic mass is 10.5. The van der Waals surface area contributed by atoms with E-state index < -0.39 is 0 Å². The zero-order valence-corrected chi connectivity index (χ0v) is 5.78. The van der Waals surface area contributed by atoms with Gasteiger partial charge in [0.15, 0.2) is 5.65 Å². The van der Waals surface area contributed by atoms with Crippen LogP contribution in [0.5, 0.6) is 0 Å². The Morgan fingerprint density at radius 1 is 1.30 bits per heavy atom. The highest BCUT2D eigenvalue weighted by Crippen LogP contribution is 2.09. The molecule has 0 fully saturated rings. The molecule has 0 aliphatic carbocycles. The fourth-order valence-electron chi connectivity index (χ4n) is 0.830. The molecule has 0 saturated heterocycles. The van der Waals surface area contributed by atoms with Crippen LogP contribution < -0.4 is 0 Å². The largest absolute Gasteiger partial charge is 0.251 e. The summed E-state index contributed by atoms with van der Waals surface area (Å²) in [5.41, 5.74) is 1.52. The third-order valence-corrected chi connectivity index (χ3v) is 1.54. The number of fused-ring (bicyclic) bond motifs is 1. The number of halogens is 1. The zero-order chi connectivity index (χ0) is 6.97. The summed E-state index contributed by atoms with van der Waals surface area (Å²) in [4.78, 5) is 8.04. The summed E-state index contributed by atoms with van der Waals surface area (Å²) in [6, 6.07) is 1.81. The minimum atomic E-state index is 0.698. The van der Waals surface area contributed by atoms with E-state index in [9.17, 15) is 0 Å². The van der Waals surface area contributed by atoms with Gasteiger partial charge >= 0.3 is 0 Å². The molecular weight excluding hydrogens is 150 g/mol. The number of nitrogens with zero attached hydrogens (tertiary/aromatic N) is 3. The summed E-state index contributed by atoms with van der Waals surface area (Å²) in [6.45, 7) is 0. The first-order valence-electron chi connectivity index (χ1n) is 2.82. The first kappa shape index (κ1) is 5.68. The number of rotatable bonds is 0. The third-order valence-electron chi connectivity index (χ3n) is 1.27. The number of hydrogen-bond acceptors (Lipinski definition) is 2. The Balaban J connectivity index is 2.93. The number of aromatic nitrogens is 3. The molecule has 0 spiro atoms. The van der Waals surface area contributed by atoms with E-state index in [0.29, 0.717) is 5.65 Å². The molecule has 2 aromatic heterocycles. The Morgan fingerprint density at radius 3 is 2.90 bits per heavy atom. The van der Waals surface area contributed by atoms with Crippen molar-refractivity contribution in [3.05, 3.63) is 24.7 Å². The van der Waals surface area contributed by atoms with Gasteiger partial charge in [-0.3, -0.25) is 4.98 Å². The van der Waals surface area contributed by atoms with E-state index in [2.05, 4.69) is 9.97 Å². The first-order chi connectivity index (χ1) is 4.88. The zero-order valence-electron chi connectivity index (χ0n) is 5.03. The predicted octanol–water partition coefficient (Wildman–Crippen LogP) is 1.43. The normalized spacial score (nSPS) is 10.5. The maximum Gasteiger partial charge on any atom is 0.173 e. The Kier molecular flexibility index (Phi) is 1.11. The van der Waals surface area contributed by atoms with Gasteiger partial charge in [0, 0.05) is 30.4 Å². The Hall–Kier alpha value is -1.09.